The highest BCUT2D eigenvalue weighted by atomic mass is 16.7. The summed E-state index contributed by atoms with van der Waals surface area (Å²) in [6.07, 6.45) is 0. The number of nitrogens with zero attached hydrogens (tertiary/aromatic N) is 6. The summed E-state index contributed by atoms with van der Waals surface area (Å²) in [5.74, 6) is 2.45. The number of aryl methyl sites for hydroxylation is 2. The molecule has 0 saturated carbocycles. The molecule has 3 heterocycles. The number of aromatic nitrogens is 4. The van der Waals surface area contributed by atoms with E-state index in [1.165, 1.54) is 16.8 Å². The minimum Gasteiger partial charge on any atom is -0.454 e. The monoisotopic (exact) mass is 406 g/mol. The number of hydrogen-bond donors (Lipinski definition) is 0. The van der Waals surface area contributed by atoms with Crippen molar-refractivity contribution in [2.45, 2.75) is 26.9 Å². The molecule has 8 nitrogen and oxygen atoms in total. The fourth-order valence-electron chi connectivity index (χ4n) is 4.08. The predicted molar refractivity (Wildman–Crippen MR) is 113 cm³/mol. The van der Waals surface area contributed by atoms with Crippen LogP contribution in [0.25, 0.3) is 0 Å². The Labute approximate surface area is 176 Å². The predicted octanol–water partition coefficient (Wildman–Crippen LogP) is 2.39. The summed E-state index contributed by atoms with van der Waals surface area (Å²) < 4.78 is 12.7. The molecule has 0 atom stereocenters. The molecule has 0 spiro atoms. The Morgan fingerprint density at radius 2 is 1.73 bits per heavy atom. The molecule has 1 aromatic heterocycles. The second-order valence-corrected chi connectivity index (χ2v) is 7.99. The van der Waals surface area contributed by atoms with Gasteiger partial charge in [-0.25, -0.2) is 4.68 Å². The van der Waals surface area contributed by atoms with Crippen molar-refractivity contribution in [3.05, 3.63) is 58.9 Å². The van der Waals surface area contributed by atoms with Crippen LogP contribution in [0.15, 0.2) is 36.4 Å². The first-order chi connectivity index (χ1) is 14.7. The van der Waals surface area contributed by atoms with Gasteiger partial charge in [-0.2, -0.15) is 0 Å². The molecule has 0 bridgehead atoms. The topological polar surface area (TPSA) is 68.5 Å². The smallest absolute Gasteiger partial charge is 0.231 e. The van der Waals surface area contributed by atoms with Crippen LogP contribution in [0.1, 0.15) is 22.5 Å². The second kappa shape index (κ2) is 7.95. The lowest BCUT2D eigenvalue weighted by molar-refractivity contribution is 0.174. The van der Waals surface area contributed by atoms with Crippen molar-refractivity contribution in [2.24, 2.45) is 0 Å². The van der Waals surface area contributed by atoms with Crippen molar-refractivity contribution < 1.29 is 9.47 Å². The molecule has 3 aromatic rings. The molecule has 30 heavy (non-hydrogen) atoms. The van der Waals surface area contributed by atoms with E-state index in [1.807, 2.05) is 22.9 Å². The number of fused-ring (bicyclic) bond motifs is 1. The lowest BCUT2D eigenvalue weighted by atomic mass is 10.1. The summed E-state index contributed by atoms with van der Waals surface area (Å²) in [4.78, 5) is 4.90. The van der Waals surface area contributed by atoms with Gasteiger partial charge in [0.05, 0.1) is 13.1 Å². The molecular formula is C22H26N6O2. The quantitative estimate of drug-likeness (QED) is 0.644. The molecule has 0 aliphatic carbocycles. The average molecular weight is 406 g/mol. The lowest BCUT2D eigenvalue weighted by Gasteiger charge is -2.36. The van der Waals surface area contributed by atoms with Crippen LogP contribution in [0, 0.1) is 13.8 Å². The zero-order valence-corrected chi connectivity index (χ0v) is 17.4. The van der Waals surface area contributed by atoms with Crippen molar-refractivity contribution in [2.75, 3.05) is 37.9 Å². The van der Waals surface area contributed by atoms with Crippen LogP contribution >= 0.6 is 0 Å². The highest BCUT2D eigenvalue weighted by Gasteiger charge is 2.21. The number of rotatable bonds is 5. The summed E-state index contributed by atoms with van der Waals surface area (Å²) in [7, 11) is 0. The van der Waals surface area contributed by atoms with E-state index < -0.39 is 0 Å². The van der Waals surface area contributed by atoms with Crippen molar-refractivity contribution in [1.29, 1.82) is 0 Å². The number of hydrogen-bond acceptors (Lipinski definition) is 7. The molecule has 2 aliphatic rings. The highest BCUT2D eigenvalue weighted by molar-refractivity contribution is 5.55. The summed E-state index contributed by atoms with van der Waals surface area (Å²) in [5.41, 5.74) is 5.08. The van der Waals surface area contributed by atoms with Gasteiger partial charge in [0, 0.05) is 31.9 Å². The number of ether oxygens (including phenoxy) is 2. The minimum absolute atomic E-state index is 0.281. The lowest BCUT2D eigenvalue weighted by Crippen LogP contribution is -2.46. The zero-order chi connectivity index (χ0) is 20.5. The summed E-state index contributed by atoms with van der Waals surface area (Å²) in [6.45, 7) is 9.98. The first-order valence-corrected chi connectivity index (χ1v) is 10.3. The Kier molecular flexibility index (Phi) is 5.00. The Morgan fingerprint density at radius 3 is 2.60 bits per heavy atom. The van der Waals surface area contributed by atoms with Crippen molar-refractivity contribution >= 4 is 5.69 Å². The molecular weight excluding hydrogens is 380 g/mol. The molecule has 2 aromatic carbocycles. The van der Waals surface area contributed by atoms with Gasteiger partial charge in [-0.3, -0.25) is 4.90 Å². The SMILES string of the molecule is Cc1ccc(C)c(N2CCN(Cc3nnnn3Cc3ccc4c(c3)OCO4)CC2)c1. The molecule has 5 rings (SSSR count). The van der Waals surface area contributed by atoms with E-state index in [0.29, 0.717) is 6.54 Å². The minimum atomic E-state index is 0.281. The van der Waals surface area contributed by atoms with Crippen LogP contribution in [0.3, 0.4) is 0 Å². The van der Waals surface area contributed by atoms with Gasteiger partial charge in [0.2, 0.25) is 6.79 Å². The van der Waals surface area contributed by atoms with E-state index in [9.17, 15) is 0 Å². The van der Waals surface area contributed by atoms with Crippen molar-refractivity contribution in [1.82, 2.24) is 25.1 Å². The first kappa shape index (κ1) is 18.9. The van der Waals surface area contributed by atoms with Crippen LogP contribution < -0.4 is 14.4 Å². The van der Waals surface area contributed by atoms with Gasteiger partial charge in [0.15, 0.2) is 17.3 Å². The molecule has 2 aliphatic heterocycles. The van der Waals surface area contributed by atoms with Gasteiger partial charge in [0.25, 0.3) is 0 Å². The molecule has 8 heteroatoms. The third kappa shape index (κ3) is 3.82. The number of tetrazole rings is 1. The largest absolute Gasteiger partial charge is 0.454 e. The van der Waals surface area contributed by atoms with E-state index in [2.05, 4.69) is 57.4 Å². The van der Waals surface area contributed by atoms with Gasteiger partial charge in [-0.1, -0.05) is 18.2 Å². The van der Waals surface area contributed by atoms with Gasteiger partial charge in [-0.15, -0.1) is 5.10 Å². The zero-order valence-electron chi connectivity index (χ0n) is 17.4. The number of piperazine rings is 1. The maximum Gasteiger partial charge on any atom is 0.231 e. The molecule has 0 unspecified atom stereocenters. The fraction of sp³-hybridized carbons (Fsp3) is 0.409. The van der Waals surface area contributed by atoms with Crippen molar-refractivity contribution in [3.8, 4) is 11.5 Å². The normalized spacial score (nSPS) is 16.3. The van der Waals surface area contributed by atoms with E-state index >= 15 is 0 Å². The van der Waals surface area contributed by atoms with Gasteiger partial charge in [0.1, 0.15) is 0 Å². The van der Waals surface area contributed by atoms with Gasteiger partial charge in [-0.05, 0) is 59.2 Å². The van der Waals surface area contributed by atoms with Crippen LogP contribution in [-0.2, 0) is 13.1 Å². The molecule has 0 radical (unpaired) electrons. The third-order valence-electron chi connectivity index (χ3n) is 5.82. The van der Waals surface area contributed by atoms with E-state index in [0.717, 1.165) is 55.6 Å². The number of benzene rings is 2. The van der Waals surface area contributed by atoms with Gasteiger partial charge < -0.3 is 14.4 Å². The molecule has 1 fully saturated rings. The third-order valence-corrected chi connectivity index (χ3v) is 5.82. The highest BCUT2D eigenvalue weighted by Crippen LogP contribution is 2.32. The maximum atomic E-state index is 5.48. The average Bonchev–Trinajstić information content (AvgIpc) is 3.40. The summed E-state index contributed by atoms with van der Waals surface area (Å²) in [5, 5.41) is 12.4. The van der Waals surface area contributed by atoms with E-state index in [-0.39, 0.29) is 6.79 Å². The van der Waals surface area contributed by atoms with E-state index in [4.69, 9.17) is 9.47 Å². The standard InChI is InChI=1S/C22H26N6O2/c1-16-3-4-17(2)19(11-16)27-9-7-26(8-10-27)14-22-23-24-25-28(22)13-18-5-6-20-21(12-18)30-15-29-20/h3-6,11-12H,7-10,13-15H2,1-2H3. The first-order valence-electron chi connectivity index (χ1n) is 10.3. The maximum absolute atomic E-state index is 5.48. The van der Waals surface area contributed by atoms with E-state index in [1.54, 1.807) is 0 Å². The summed E-state index contributed by atoms with van der Waals surface area (Å²) in [6, 6.07) is 12.6. The Hall–Kier alpha value is -3.13. The Morgan fingerprint density at radius 1 is 0.900 bits per heavy atom. The molecule has 0 N–H and O–H groups in total. The Bertz CT molecular complexity index is 1040. The second-order valence-electron chi connectivity index (χ2n) is 7.99. The summed E-state index contributed by atoms with van der Waals surface area (Å²) >= 11 is 0. The van der Waals surface area contributed by atoms with Crippen molar-refractivity contribution in [3.63, 3.8) is 0 Å². The molecule has 156 valence electrons. The molecule has 0 amide bonds. The number of anilines is 1. The molecule has 1 saturated heterocycles. The van der Waals surface area contributed by atoms with Gasteiger partial charge >= 0.3 is 0 Å². The Balaban J connectivity index is 1.22. The van der Waals surface area contributed by atoms with Crippen LogP contribution in [0.5, 0.6) is 11.5 Å². The van der Waals surface area contributed by atoms with Crippen LogP contribution in [0.2, 0.25) is 0 Å². The van der Waals surface area contributed by atoms with Crippen LogP contribution in [-0.4, -0.2) is 58.1 Å². The van der Waals surface area contributed by atoms with Crippen LogP contribution in [0.4, 0.5) is 5.69 Å². The fourth-order valence-corrected chi connectivity index (χ4v) is 4.08.